The highest BCUT2D eigenvalue weighted by molar-refractivity contribution is 6.01. The van der Waals surface area contributed by atoms with Crippen molar-refractivity contribution in [3.05, 3.63) is 10.4 Å². The predicted molar refractivity (Wildman–Crippen MR) is 84.4 cm³/mol. The highest BCUT2D eigenvalue weighted by Crippen LogP contribution is 2.16. The number of amides is 2. The van der Waals surface area contributed by atoms with Crippen molar-refractivity contribution in [2.75, 3.05) is 0 Å². The zero-order valence-electron chi connectivity index (χ0n) is 14.6. The van der Waals surface area contributed by atoms with Crippen LogP contribution in [-0.4, -0.2) is 40.5 Å². The SMILES string of the molecule is CC(C)(C)OC(=O)CC[C@@H](CCC(=O)ON1C(=O)CCC1=O)N=[N+]=[N-]. The standard InChI is InChI=1S/C15H22N4O6/c1-15(2,3)24-13(22)8-4-10(17-18-16)5-9-14(23)25-19-11(20)6-7-12(19)21/h10H,4-9H2,1-3H3/t10-/m0/s1. The van der Waals surface area contributed by atoms with Gasteiger partial charge in [0.05, 0.1) is 0 Å². The number of imide groups is 1. The number of carbonyl (C=O) groups excluding carboxylic acids is 4. The van der Waals surface area contributed by atoms with Gasteiger partial charge in [0, 0.05) is 36.6 Å². The van der Waals surface area contributed by atoms with Crippen molar-refractivity contribution in [3.63, 3.8) is 0 Å². The lowest BCUT2D eigenvalue weighted by atomic mass is 10.1. The van der Waals surface area contributed by atoms with Gasteiger partial charge in [-0.15, -0.1) is 5.06 Å². The smallest absolute Gasteiger partial charge is 0.333 e. The zero-order valence-corrected chi connectivity index (χ0v) is 14.6. The first kappa shape index (κ1) is 20.4. The Labute approximate surface area is 145 Å². The lowest BCUT2D eigenvalue weighted by molar-refractivity contribution is -0.197. The van der Waals surface area contributed by atoms with Crippen molar-refractivity contribution >= 4 is 23.8 Å². The van der Waals surface area contributed by atoms with Crippen molar-refractivity contribution in [3.8, 4) is 0 Å². The minimum absolute atomic E-state index is 0.0172. The Kier molecular flexibility index (Phi) is 7.38. The third kappa shape index (κ3) is 7.67. The van der Waals surface area contributed by atoms with Gasteiger partial charge in [-0.05, 0) is 39.1 Å². The van der Waals surface area contributed by atoms with E-state index in [2.05, 4.69) is 10.0 Å². The second kappa shape index (κ2) is 9.03. The lowest BCUT2D eigenvalue weighted by Gasteiger charge is -2.20. The Morgan fingerprint density at radius 2 is 1.68 bits per heavy atom. The molecule has 0 aromatic heterocycles. The molecular formula is C15H22N4O6. The number of nitrogens with zero attached hydrogens (tertiary/aromatic N) is 4. The van der Waals surface area contributed by atoms with E-state index in [1.807, 2.05) is 0 Å². The summed E-state index contributed by atoms with van der Waals surface area (Å²) in [6.07, 6.45) is 0.261. The van der Waals surface area contributed by atoms with Gasteiger partial charge < -0.3 is 9.57 Å². The molecule has 10 nitrogen and oxygen atoms in total. The maximum Gasteiger partial charge on any atom is 0.333 e. The predicted octanol–water partition coefficient (Wildman–Crippen LogP) is 2.17. The molecule has 1 saturated heterocycles. The summed E-state index contributed by atoms with van der Waals surface area (Å²) in [5, 5.41) is 4.01. The molecule has 1 rings (SSSR count). The van der Waals surface area contributed by atoms with Gasteiger partial charge in [0.1, 0.15) is 5.60 Å². The third-order valence-electron chi connectivity index (χ3n) is 3.20. The normalized spacial score (nSPS) is 15.6. The van der Waals surface area contributed by atoms with E-state index >= 15 is 0 Å². The Morgan fingerprint density at radius 1 is 1.16 bits per heavy atom. The number of hydrogen-bond donors (Lipinski definition) is 0. The number of rotatable bonds is 8. The van der Waals surface area contributed by atoms with E-state index in [9.17, 15) is 19.2 Å². The van der Waals surface area contributed by atoms with Crippen LogP contribution in [-0.2, 0) is 28.8 Å². The van der Waals surface area contributed by atoms with Crippen LogP contribution in [0.4, 0.5) is 0 Å². The average molecular weight is 354 g/mol. The second-order valence-corrected chi connectivity index (χ2v) is 6.57. The van der Waals surface area contributed by atoms with Crippen molar-refractivity contribution in [1.82, 2.24) is 5.06 Å². The number of carbonyl (C=O) groups is 4. The van der Waals surface area contributed by atoms with E-state index in [-0.39, 0.29) is 38.5 Å². The van der Waals surface area contributed by atoms with Gasteiger partial charge in [0.25, 0.3) is 11.8 Å². The maximum absolute atomic E-state index is 11.7. The van der Waals surface area contributed by atoms with E-state index < -0.39 is 35.4 Å². The molecule has 1 atom stereocenters. The van der Waals surface area contributed by atoms with E-state index in [1.54, 1.807) is 20.8 Å². The number of ether oxygens (including phenoxy) is 1. The van der Waals surface area contributed by atoms with E-state index in [4.69, 9.17) is 15.1 Å². The van der Waals surface area contributed by atoms with Crippen molar-refractivity contribution < 1.29 is 28.8 Å². The van der Waals surface area contributed by atoms with Gasteiger partial charge >= 0.3 is 11.9 Å². The minimum Gasteiger partial charge on any atom is -0.460 e. The van der Waals surface area contributed by atoms with Crippen LogP contribution in [0.25, 0.3) is 10.4 Å². The summed E-state index contributed by atoms with van der Waals surface area (Å²) in [5.41, 5.74) is 7.97. The van der Waals surface area contributed by atoms with Gasteiger partial charge in [-0.3, -0.25) is 14.4 Å². The largest absolute Gasteiger partial charge is 0.460 e. The monoisotopic (exact) mass is 354 g/mol. The molecule has 1 aliphatic rings. The quantitative estimate of drug-likeness (QED) is 0.215. The average Bonchev–Trinajstić information content (AvgIpc) is 2.80. The molecule has 138 valence electrons. The molecule has 25 heavy (non-hydrogen) atoms. The first-order valence-electron chi connectivity index (χ1n) is 7.95. The molecule has 0 aromatic rings. The molecule has 0 spiro atoms. The third-order valence-corrected chi connectivity index (χ3v) is 3.20. The van der Waals surface area contributed by atoms with Gasteiger partial charge in [0.2, 0.25) is 0 Å². The van der Waals surface area contributed by atoms with Crippen LogP contribution in [0.15, 0.2) is 5.11 Å². The first-order valence-corrected chi connectivity index (χ1v) is 7.95. The van der Waals surface area contributed by atoms with Crippen LogP contribution in [0.2, 0.25) is 0 Å². The number of esters is 1. The van der Waals surface area contributed by atoms with Crippen LogP contribution < -0.4 is 0 Å². The number of hydrogen-bond acceptors (Lipinski definition) is 7. The van der Waals surface area contributed by atoms with Crippen LogP contribution in [0.1, 0.15) is 59.3 Å². The maximum atomic E-state index is 11.7. The first-order chi connectivity index (χ1) is 11.6. The lowest BCUT2D eigenvalue weighted by Crippen LogP contribution is -2.32. The van der Waals surface area contributed by atoms with E-state index in [1.165, 1.54) is 0 Å². The molecule has 0 bridgehead atoms. The molecule has 10 heteroatoms. The molecule has 1 fully saturated rings. The van der Waals surface area contributed by atoms with Crippen molar-refractivity contribution in [2.24, 2.45) is 5.11 Å². The van der Waals surface area contributed by atoms with Crippen LogP contribution in [0.5, 0.6) is 0 Å². The molecule has 0 N–H and O–H groups in total. The number of hydroxylamine groups is 2. The van der Waals surface area contributed by atoms with E-state index in [0.29, 0.717) is 5.06 Å². The van der Waals surface area contributed by atoms with Crippen molar-refractivity contribution in [2.45, 2.75) is 70.9 Å². The molecule has 2 amide bonds. The molecular weight excluding hydrogens is 332 g/mol. The molecule has 0 radical (unpaired) electrons. The summed E-state index contributed by atoms with van der Waals surface area (Å²) in [5.74, 6) is -2.33. The summed E-state index contributed by atoms with van der Waals surface area (Å²) >= 11 is 0. The Hall–Kier alpha value is -2.61. The zero-order chi connectivity index (χ0) is 19.0. The summed E-state index contributed by atoms with van der Waals surface area (Å²) in [4.78, 5) is 53.6. The minimum atomic E-state index is -0.779. The summed E-state index contributed by atoms with van der Waals surface area (Å²) < 4.78 is 5.16. The summed E-state index contributed by atoms with van der Waals surface area (Å²) in [7, 11) is 0. The van der Waals surface area contributed by atoms with Gasteiger partial charge in [-0.1, -0.05) is 5.11 Å². The molecule has 0 unspecified atom stereocenters. The summed E-state index contributed by atoms with van der Waals surface area (Å²) in [6.45, 7) is 5.23. The fourth-order valence-electron chi connectivity index (χ4n) is 2.10. The fraction of sp³-hybridized carbons (Fsp3) is 0.733. The Balaban J connectivity index is 2.43. The van der Waals surface area contributed by atoms with Crippen LogP contribution in [0, 0.1) is 0 Å². The van der Waals surface area contributed by atoms with Gasteiger partial charge in [-0.25, -0.2) is 4.79 Å². The molecule has 1 heterocycles. The molecule has 0 aromatic carbocycles. The molecule has 1 aliphatic heterocycles. The topological polar surface area (TPSA) is 139 Å². The number of azide groups is 1. The van der Waals surface area contributed by atoms with Crippen molar-refractivity contribution in [1.29, 1.82) is 0 Å². The van der Waals surface area contributed by atoms with E-state index in [0.717, 1.165) is 0 Å². The Bertz CT molecular complexity index is 575. The highest BCUT2D eigenvalue weighted by atomic mass is 16.7. The summed E-state index contributed by atoms with van der Waals surface area (Å²) in [6, 6.07) is -0.602. The van der Waals surface area contributed by atoms with Gasteiger partial charge in [-0.2, -0.15) is 0 Å². The highest BCUT2D eigenvalue weighted by Gasteiger charge is 2.32. The van der Waals surface area contributed by atoms with Crippen LogP contribution >= 0.6 is 0 Å². The van der Waals surface area contributed by atoms with Gasteiger partial charge in [0.15, 0.2) is 0 Å². The Morgan fingerprint density at radius 3 is 2.16 bits per heavy atom. The molecule has 0 saturated carbocycles. The van der Waals surface area contributed by atoms with Crippen LogP contribution in [0.3, 0.4) is 0 Å². The second-order valence-electron chi connectivity index (χ2n) is 6.57. The fourth-order valence-corrected chi connectivity index (χ4v) is 2.10. The molecule has 0 aliphatic carbocycles.